The molecule has 0 radical (unpaired) electrons. The number of anilines is 1. The zero-order valence-electron chi connectivity index (χ0n) is 13.6. The summed E-state index contributed by atoms with van der Waals surface area (Å²) in [6, 6.07) is 7.19. The molecule has 118 valence electrons. The Labute approximate surface area is 133 Å². The van der Waals surface area contributed by atoms with Crippen LogP contribution in [0.1, 0.15) is 44.2 Å². The number of nitrogens with one attached hydrogen (secondary N) is 1. The van der Waals surface area contributed by atoms with E-state index < -0.39 is 0 Å². The lowest BCUT2D eigenvalue weighted by Crippen LogP contribution is -2.58. The van der Waals surface area contributed by atoms with Crippen LogP contribution in [0.15, 0.2) is 18.2 Å². The average molecular weight is 298 g/mol. The Kier molecular flexibility index (Phi) is 3.30. The minimum absolute atomic E-state index is 0.249. The molecule has 3 atom stereocenters. The van der Waals surface area contributed by atoms with Gasteiger partial charge in [-0.1, -0.05) is 19.9 Å². The van der Waals surface area contributed by atoms with Crippen LogP contribution in [0.3, 0.4) is 0 Å². The Bertz CT molecular complexity index is 595. The smallest absolute Gasteiger partial charge is 0.211 e. The van der Waals surface area contributed by atoms with Crippen molar-refractivity contribution in [1.82, 2.24) is 4.90 Å². The second-order valence-corrected chi connectivity index (χ2v) is 7.80. The summed E-state index contributed by atoms with van der Waals surface area (Å²) in [5, 5.41) is 2.82. The first kappa shape index (κ1) is 14.3. The second-order valence-electron chi connectivity index (χ2n) is 7.80. The number of nitrogens with zero attached hydrogens (tertiary/aromatic N) is 1. The third-order valence-corrected chi connectivity index (χ3v) is 6.54. The fourth-order valence-corrected chi connectivity index (χ4v) is 4.72. The maximum absolute atomic E-state index is 10.7. The molecule has 0 aromatic heterocycles. The molecule has 1 aromatic rings. The summed E-state index contributed by atoms with van der Waals surface area (Å²) >= 11 is 0. The summed E-state index contributed by atoms with van der Waals surface area (Å²) in [5.41, 5.74) is 4.14. The molecule has 1 N–H and O–H groups in total. The zero-order chi connectivity index (χ0) is 15.3. The Balaban J connectivity index is 1.68. The molecule has 1 heterocycles. The minimum Gasteiger partial charge on any atom is -0.329 e. The van der Waals surface area contributed by atoms with Crippen LogP contribution in [-0.2, 0) is 16.6 Å². The van der Waals surface area contributed by atoms with E-state index in [2.05, 4.69) is 36.2 Å². The van der Waals surface area contributed by atoms with E-state index in [1.165, 1.54) is 49.9 Å². The highest BCUT2D eigenvalue weighted by Crippen LogP contribution is 2.49. The topological polar surface area (TPSA) is 32.3 Å². The molecule has 1 saturated heterocycles. The van der Waals surface area contributed by atoms with Crippen LogP contribution >= 0.6 is 0 Å². The van der Waals surface area contributed by atoms with Gasteiger partial charge in [-0.25, -0.2) is 0 Å². The highest BCUT2D eigenvalue weighted by atomic mass is 16.1. The van der Waals surface area contributed by atoms with E-state index in [1.807, 2.05) is 6.07 Å². The van der Waals surface area contributed by atoms with E-state index in [9.17, 15) is 4.79 Å². The van der Waals surface area contributed by atoms with Crippen LogP contribution in [0, 0.1) is 11.8 Å². The predicted octanol–water partition coefficient (Wildman–Crippen LogP) is 3.19. The molecular weight excluding hydrogens is 272 g/mol. The van der Waals surface area contributed by atoms with Crippen LogP contribution in [0.25, 0.3) is 0 Å². The molecule has 2 bridgehead atoms. The predicted molar refractivity (Wildman–Crippen MR) is 89.1 cm³/mol. The molecule has 2 fully saturated rings. The summed E-state index contributed by atoms with van der Waals surface area (Å²) in [6.07, 6.45) is 6.05. The summed E-state index contributed by atoms with van der Waals surface area (Å²) in [4.78, 5) is 13.5. The number of likely N-dealkylation sites (tertiary alicyclic amines) is 1. The van der Waals surface area contributed by atoms with Crippen LogP contribution in [0.2, 0.25) is 0 Å². The number of rotatable bonds is 4. The largest absolute Gasteiger partial charge is 0.329 e. The van der Waals surface area contributed by atoms with E-state index in [0.29, 0.717) is 12.0 Å². The molecule has 1 aromatic carbocycles. The first-order chi connectivity index (χ1) is 10.6. The summed E-state index contributed by atoms with van der Waals surface area (Å²) < 4.78 is 0. The molecule has 3 heteroatoms. The van der Waals surface area contributed by atoms with Gasteiger partial charge in [0, 0.05) is 18.3 Å². The molecule has 0 spiro atoms. The third kappa shape index (κ3) is 2.18. The molecule has 2 aliphatic carbocycles. The van der Waals surface area contributed by atoms with Crippen molar-refractivity contribution in [3.05, 3.63) is 29.3 Å². The van der Waals surface area contributed by atoms with Gasteiger partial charge in [0.2, 0.25) is 6.41 Å². The van der Waals surface area contributed by atoms with Gasteiger partial charge in [-0.05, 0) is 72.7 Å². The van der Waals surface area contributed by atoms with Crippen LogP contribution in [-0.4, -0.2) is 30.4 Å². The number of hydrogen-bond acceptors (Lipinski definition) is 2. The number of benzene rings is 1. The zero-order valence-corrected chi connectivity index (χ0v) is 13.6. The van der Waals surface area contributed by atoms with Gasteiger partial charge >= 0.3 is 0 Å². The van der Waals surface area contributed by atoms with E-state index in [1.54, 1.807) is 0 Å². The maximum atomic E-state index is 10.7. The van der Waals surface area contributed by atoms with E-state index >= 15 is 0 Å². The van der Waals surface area contributed by atoms with E-state index in [4.69, 9.17) is 0 Å². The number of carbonyl (C=O) groups excluding carboxylic acids is 1. The molecular formula is C19H26N2O. The van der Waals surface area contributed by atoms with Crippen molar-refractivity contribution in [3.63, 3.8) is 0 Å². The lowest BCUT2D eigenvalue weighted by molar-refractivity contribution is -0.105. The summed E-state index contributed by atoms with van der Waals surface area (Å²) in [5.74, 6) is 1.65. The Morgan fingerprint density at radius 2 is 2.23 bits per heavy atom. The van der Waals surface area contributed by atoms with Gasteiger partial charge in [-0.2, -0.15) is 0 Å². The molecule has 22 heavy (non-hydrogen) atoms. The monoisotopic (exact) mass is 298 g/mol. The number of fused-ring (bicyclic) bond motifs is 4. The van der Waals surface area contributed by atoms with Gasteiger partial charge in [0.05, 0.1) is 0 Å². The van der Waals surface area contributed by atoms with Crippen LogP contribution in [0.4, 0.5) is 5.69 Å². The van der Waals surface area contributed by atoms with Crippen molar-refractivity contribution in [1.29, 1.82) is 0 Å². The molecule has 4 rings (SSSR count). The van der Waals surface area contributed by atoms with Gasteiger partial charge in [-0.15, -0.1) is 0 Å². The number of carbonyl (C=O) groups is 1. The van der Waals surface area contributed by atoms with Gasteiger partial charge < -0.3 is 5.32 Å². The van der Waals surface area contributed by atoms with E-state index in [-0.39, 0.29) is 5.41 Å². The van der Waals surface area contributed by atoms with Crippen molar-refractivity contribution >= 4 is 12.1 Å². The van der Waals surface area contributed by atoms with Crippen LogP contribution in [0.5, 0.6) is 0 Å². The Hall–Kier alpha value is -1.35. The van der Waals surface area contributed by atoms with Crippen molar-refractivity contribution in [3.8, 4) is 0 Å². The second kappa shape index (κ2) is 5.09. The van der Waals surface area contributed by atoms with Crippen molar-refractivity contribution in [2.24, 2.45) is 11.8 Å². The first-order valence-corrected chi connectivity index (χ1v) is 8.69. The molecule has 3 nitrogen and oxygen atoms in total. The summed E-state index contributed by atoms with van der Waals surface area (Å²) in [6.45, 7) is 7.41. The minimum atomic E-state index is 0.249. The van der Waals surface area contributed by atoms with Gasteiger partial charge in [-0.3, -0.25) is 9.69 Å². The fraction of sp³-hybridized carbons (Fsp3) is 0.632. The Morgan fingerprint density at radius 3 is 2.95 bits per heavy atom. The van der Waals surface area contributed by atoms with Crippen molar-refractivity contribution < 1.29 is 4.79 Å². The molecule has 1 aliphatic heterocycles. The lowest BCUT2D eigenvalue weighted by atomic mass is 9.59. The molecule has 0 unspecified atom stereocenters. The number of amides is 1. The lowest BCUT2D eigenvalue weighted by Gasteiger charge is -2.55. The van der Waals surface area contributed by atoms with Gasteiger partial charge in [0.1, 0.15) is 0 Å². The van der Waals surface area contributed by atoms with Crippen molar-refractivity contribution in [2.45, 2.75) is 51.0 Å². The SMILES string of the molecule is C[C@@H]1[C@@H]2Cc3ccc(NC=O)cc3[C@@]1(C)CCN2CC1CC1. The molecule has 1 saturated carbocycles. The fourth-order valence-electron chi connectivity index (χ4n) is 4.72. The van der Waals surface area contributed by atoms with Crippen molar-refractivity contribution in [2.75, 3.05) is 18.4 Å². The standard InChI is InChI=1S/C19H26N2O/c1-13-18-9-15-5-6-16(20-12-22)10-17(15)19(13,2)7-8-21(18)11-14-3-4-14/h5-6,10,12-14,18H,3-4,7-9,11H2,1-2H3,(H,20,22)/t13-,18+,19+/m1/s1. The third-order valence-electron chi connectivity index (χ3n) is 6.54. The first-order valence-electron chi connectivity index (χ1n) is 8.69. The quantitative estimate of drug-likeness (QED) is 0.866. The number of hydrogen-bond donors (Lipinski definition) is 1. The highest BCUT2D eigenvalue weighted by Gasteiger charge is 2.48. The highest BCUT2D eigenvalue weighted by molar-refractivity contribution is 5.72. The van der Waals surface area contributed by atoms with E-state index in [0.717, 1.165) is 18.0 Å². The number of piperidine rings is 1. The average Bonchev–Trinajstić information content (AvgIpc) is 3.31. The summed E-state index contributed by atoms with van der Waals surface area (Å²) in [7, 11) is 0. The van der Waals surface area contributed by atoms with Crippen LogP contribution < -0.4 is 5.32 Å². The normalized spacial score (nSPS) is 34.1. The van der Waals surface area contributed by atoms with Gasteiger partial charge in [0.15, 0.2) is 0 Å². The molecule has 3 aliphatic rings. The molecule has 1 amide bonds. The maximum Gasteiger partial charge on any atom is 0.211 e. The van der Waals surface area contributed by atoms with Gasteiger partial charge in [0.25, 0.3) is 0 Å². The Morgan fingerprint density at radius 1 is 1.41 bits per heavy atom.